The van der Waals surface area contributed by atoms with Gasteiger partial charge in [0.15, 0.2) is 0 Å². The highest BCUT2D eigenvalue weighted by Gasteiger charge is 2.15. The van der Waals surface area contributed by atoms with E-state index in [0.29, 0.717) is 5.56 Å². The summed E-state index contributed by atoms with van der Waals surface area (Å²) >= 11 is 0. The fourth-order valence-electron chi connectivity index (χ4n) is 3.30. The van der Waals surface area contributed by atoms with Crippen molar-refractivity contribution in [3.8, 4) is 0 Å². The first-order chi connectivity index (χ1) is 12.8. The number of carbonyl (C=O) groups excluding carboxylic acids is 1. The van der Waals surface area contributed by atoms with E-state index in [1.165, 1.54) is 16.3 Å². The number of hydrogen-bond acceptors (Lipinski definition) is 2. The van der Waals surface area contributed by atoms with Crippen molar-refractivity contribution >= 4 is 34.1 Å². The molecule has 0 atom stereocenters. The molecule has 0 aliphatic carbocycles. The Bertz CT molecular complexity index is 1060. The number of nitrogens with zero attached hydrogens (tertiary/aromatic N) is 1. The molecule has 0 saturated carbocycles. The molecule has 2 heteroatoms. The minimum atomic E-state index is 0.677. The lowest BCUT2D eigenvalue weighted by molar-refractivity contribution is 0.112. The maximum absolute atomic E-state index is 11.0. The predicted molar refractivity (Wildman–Crippen MR) is 109 cm³/mol. The Balaban J connectivity index is 1.96. The third-order valence-corrected chi connectivity index (χ3v) is 4.55. The van der Waals surface area contributed by atoms with Gasteiger partial charge in [-0.15, -0.1) is 0 Å². The average Bonchev–Trinajstić information content (AvgIpc) is 2.69. The fourth-order valence-corrected chi connectivity index (χ4v) is 3.30. The maximum Gasteiger partial charge on any atom is 0.150 e. The van der Waals surface area contributed by atoms with E-state index >= 15 is 0 Å². The van der Waals surface area contributed by atoms with E-state index in [4.69, 9.17) is 0 Å². The van der Waals surface area contributed by atoms with Gasteiger partial charge in [0, 0.05) is 22.3 Å². The Morgan fingerprint density at radius 2 is 1.46 bits per heavy atom. The van der Waals surface area contributed by atoms with Crippen molar-refractivity contribution in [1.82, 2.24) is 0 Å². The van der Waals surface area contributed by atoms with Crippen LogP contribution in [0.2, 0.25) is 0 Å². The van der Waals surface area contributed by atoms with E-state index in [-0.39, 0.29) is 0 Å². The van der Waals surface area contributed by atoms with Crippen LogP contribution >= 0.6 is 0 Å². The minimum Gasteiger partial charge on any atom is -0.310 e. The number of aldehydes is 1. The lowest BCUT2D eigenvalue weighted by atomic mass is 10.1. The van der Waals surface area contributed by atoms with Crippen molar-refractivity contribution in [1.29, 1.82) is 0 Å². The van der Waals surface area contributed by atoms with Crippen LogP contribution in [-0.4, -0.2) is 6.29 Å². The van der Waals surface area contributed by atoms with Gasteiger partial charge in [0.2, 0.25) is 0 Å². The first-order valence-electron chi connectivity index (χ1n) is 8.66. The third kappa shape index (κ3) is 2.98. The zero-order valence-corrected chi connectivity index (χ0v) is 14.6. The SMILES string of the molecule is Cc1cccc(N(c2ccc(C=O)cc2)c2cccc3ccccc23)c1. The van der Waals surface area contributed by atoms with E-state index in [1.807, 2.05) is 24.3 Å². The van der Waals surface area contributed by atoms with Gasteiger partial charge >= 0.3 is 0 Å². The van der Waals surface area contributed by atoms with Crippen molar-refractivity contribution < 1.29 is 4.79 Å². The second kappa shape index (κ2) is 6.85. The molecule has 0 unspecified atom stereocenters. The topological polar surface area (TPSA) is 20.3 Å². The third-order valence-electron chi connectivity index (χ3n) is 4.55. The van der Waals surface area contributed by atoms with Crippen LogP contribution in [0.15, 0.2) is 91.0 Å². The van der Waals surface area contributed by atoms with Gasteiger partial charge in [0.25, 0.3) is 0 Å². The van der Waals surface area contributed by atoms with E-state index < -0.39 is 0 Å². The molecule has 0 aromatic heterocycles. The Morgan fingerprint density at radius 3 is 2.23 bits per heavy atom. The maximum atomic E-state index is 11.0. The summed E-state index contributed by atoms with van der Waals surface area (Å²) in [6, 6.07) is 30.9. The number of hydrogen-bond donors (Lipinski definition) is 0. The van der Waals surface area contributed by atoms with Crippen LogP contribution in [0, 0.1) is 6.92 Å². The molecule has 0 spiro atoms. The highest BCUT2D eigenvalue weighted by Crippen LogP contribution is 2.38. The first-order valence-corrected chi connectivity index (χ1v) is 8.66. The van der Waals surface area contributed by atoms with E-state index in [9.17, 15) is 4.79 Å². The van der Waals surface area contributed by atoms with Gasteiger partial charge < -0.3 is 4.90 Å². The molecule has 0 N–H and O–H groups in total. The number of carbonyl (C=O) groups is 1. The predicted octanol–water partition coefficient (Wildman–Crippen LogP) is 6.43. The quantitative estimate of drug-likeness (QED) is 0.400. The molecule has 0 saturated heterocycles. The lowest BCUT2D eigenvalue weighted by Crippen LogP contribution is -2.10. The molecule has 0 aliphatic rings. The summed E-state index contributed by atoms with van der Waals surface area (Å²) in [5, 5.41) is 2.39. The molecule has 4 aromatic carbocycles. The summed E-state index contributed by atoms with van der Waals surface area (Å²) in [5.41, 5.74) is 5.12. The Hall–Kier alpha value is -3.39. The Labute approximate surface area is 153 Å². The monoisotopic (exact) mass is 337 g/mol. The van der Waals surface area contributed by atoms with Gasteiger partial charge in [0.1, 0.15) is 6.29 Å². The molecule has 126 valence electrons. The first kappa shape index (κ1) is 16.1. The average molecular weight is 337 g/mol. The number of aryl methyl sites for hydroxylation is 1. The summed E-state index contributed by atoms with van der Waals surface area (Å²) in [5.74, 6) is 0. The molecule has 0 bridgehead atoms. The van der Waals surface area contributed by atoms with Crippen LogP contribution in [0.1, 0.15) is 15.9 Å². The molecule has 26 heavy (non-hydrogen) atoms. The van der Waals surface area contributed by atoms with Crippen LogP contribution in [-0.2, 0) is 0 Å². The second-order valence-electron chi connectivity index (χ2n) is 6.38. The number of fused-ring (bicyclic) bond motifs is 1. The zero-order valence-electron chi connectivity index (χ0n) is 14.6. The summed E-state index contributed by atoms with van der Waals surface area (Å²) in [7, 11) is 0. The highest BCUT2D eigenvalue weighted by atomic mass is 16.1. The Morgan fingerprint density at radius 1 is 0.731 bits per heavy atom. The lowest BCUT2D eigenvalue weighted by Gasteiger charge is -2.27. The van der Waals surface area contributed by atoms with Crippen LogP contribution in [0.3, 0.4) is 0 Å². The molecular weight excluding hydrogens is 318 g/mol. The molecule has 0 fully saturated rings. The summed E-state index contributed by atoms with van der Waals surface area (Å²) in [4.78, 5) is 13.3. The molecule has 2 nitrogen and oxygen atoms in total. The van der Waals surface area contributed by atoms with Crippen molar-refractivity contribution in [3.63, 3.8) is 0 Å². The fraction of sp³-hybridized carbons (Fsp3) is 0.0417. The number of benzene rings is 4. The van der Waals surface area contributed by atoms with Crippen molar-refractivity contribution in [2.45, 2.75) is 6.92 Å². The largest absolute Gasteiger partial charge is 0.310 e. The van der Waals surface area contributed by atoms with E-state index in [1.54, 1.807) is 0 Å². The van der Waals surface area contributed by atoms with Gasteiger partial charge in [-0.3, -0.25) is 4.79 Å². The van der Waals surface area contributed by atoms with Crippen LogP contribution < -0.4 is 4.90 Å². The second-order valence-corrected chi connectivity index (χ2v) is 6.38. The minimum absolute atomic E-state index is 0.677. The normalized spacial score (nSPS) is 10.7. The van der Waals surface area contributed by atoms with Crippen molar-refractivity contribution in [2.75, 3.05) is 4.90 Å². The van der Waals surface area contributed by atoms with Crippen molar-refractivity contribution in [3.05, 3.63) is 102 Å². The van der Waals surface area contributed by atoms with Crippen molar-refractivity contribution in [2.24, 2.45) is 0 Å². The van der Waals surface area contributed by atoms with E-state index in [0.717, 1.165) is 23.3 Å². The molecule has 0 aliphatic heterocycles. The zero-order chi connectivity index (χ0) is 17.9. The number of anilines is 3. The summed E-state index contributed by atoms with van der Waals surface area (Å²) < 4.78 is 0. The Kier molecular flexibility index (Phi) is 4.24. The molecule has 0 radical (unpaired) electrons. The molecule has 0 amide bonds. The van der Waals surface area contributed by atoms with Gasteiger partial charge in [-0.1, -0.05) is 48.5 Å². The highest BCUT2D eigenvalue weighted by molar-refractivity contribution is 5.99. The van der Waals surface area contributed by atoms with Crippen LogP contribution in [0.4, 0.5) is 17.1 Å². The van der Waals surface area contributed by atoms with E-state index in [2.05, 4.69) is 78.6 Å². The molecule has 0 heterocycles. The van der Waals surface area contributed by atoms with Gasteiger partial charge in [0.05, 0.1) is 5.69 Å². The molecule has 4 aromatic rings. The summed E-state index contributed by atoms with van der Waals surface area (Å²) in [6.07, 6.45) is 0.874. The van der Waals surface area contributed by atoms with Gasteiger partial charge in [-0.25, -0.2) is 0 Å². The van der Waals surface area contributed by atoms with Gasteiger partial charge in [-0.2, -0.15) is 0 Å². The van der Waals surface area contributed by atoms with Gasteiger partial charge in [-0.05, 0) is 60.3 Å². The summed E-state index contributed by atoms with van der Waals surface area (Å²) in [6.45, 7) is 2.10. The standard InChI is InChI=1S/C24H19NO/c1-18-6-4-9-22(16-18)25(21-14-12-19(17-26)13-15-21)24-11-5-8-20-7-2-3-10-23(20)24/h2-17H,1H3. The van der Waals surface area contributed by atoms with Crippen LogP contribution in [0.5, 0.6) is 0 Å². The molecular formula is C24H19NO. The van der Waals surface area contributed by atoms with Crippen LogP contribution in [0.25, 0.3) is 10.8 Å². The smallest absolute Gasteiger partial charge is 0.150 e. The molecule has 4 rings (SSSR count). The number of rotatable bonds is 4.